The van der Waals surface area contributed by atoms with E-state index in [0.29, 0.717) is 34.1 Å². The van der Waals surface area contributed by atoms with E-state index in [4.69, 9.17) is 23.2 Å². The number of rotatable bonds is 7. The molecule has 0 heterocycles. The van der Waals surface area contributed by atoms with Crippen LogP contribution in [0.2, 0.25) is 10.0 Å². The molecule has 0 spiro atoms. The minimum atomic E-state index is -0.251. The van der Waals surface area contributed by atoms with Gasteiger partial charge in [0.2, 0.25) is 11.8 Å². The van der Waals surface area contributed by atoms with Crippen LogP contribution in [0.4, 0.5) is 5.69 Å². The Kier molecular flexibility index (Phi) is 8.39. The van der Waals surface area contributed by atoms with Crippen LogP contribution in [0.1, 0.15) is 40.0 Å². The molecule has 2 rings (SSSR count). The van der Waals surface area contributed by atoms with Crippen LogP contribution < -0.4 is 10.6 Å². The van der Waals surface area contributed by atoms with Crippen LogP contribution in [0.15, 0.2) is 18.2 Å². The highest BCUT2D eigenvalue weighted by molar-refractivity contribution is 6.39. The summed E-state index contributed by atoms with van der Waals surface area (Å²) in [5.74, 6) is 0.812. The van der Waals surface area contributed by atoms with Gasteiger partial charge in [-0.2, -0.15) is 0 Å². The van der Waals surface area contributed by atoms with Gasteiger partial charge in [-0.15, -0.1) is 0 Å². The van der Waals surface area contributed by atoms with Crippen molar-refractivity contribution in [3.05, 3.63) is 28.2 Å². The molecule has 1 aromatic rings. The first-order chi connectivity index (χ1) is 12.8. The summed E-state index contributed by atoms with van der Waals surface area (Å²) in [6.45, 7) is 7.25. The van der Waals surface area contributed by atoms with Crippen LogP contribution in [0.5, 0.6) is 0 Å². The van der Waals surface area contributed by atoms with Gasteiger partial charge in [-0.05, 0) is 36.9 Å². The number of hydrogen-bond acceptors (Lipinski definition) is 3. The molecule has 1 aliphatic rings. The standard InChI is InChI=1S/C20H29Cl2N3O2/c1-4-25(11-18(26)23-17-10-5-7-13(2)14(17)3)12-19(27)24-20-15(21)8-6-9-16(20)22/h6,8-9,13-14,17H,4-5,7,10-12H2,1-3H3,(H,23,26)(H,24,27)/t13-,14+,17+/m0/s1. The molecule has 0 unspecified atom stereocenters. The van der Waals surface area contributed by atoms with Crippen molar-refractivity contribution in [2.45, 2.75) is 46.1 Å². The molecule has 1 fully saturated rings. The zero-order valence-corrected chi connectivity index (χ0v) is 17.7. The quantitative estimate of drug-likeness (QED) is 0.703. The lowest BCUT2D eigenvalue weighted by molar-refractivity contribution is -0.124. The lowest BCUT2D eigenvalue weighted by Crippen LogP contribution is -2.48. The van der Waals surface area contributed by atoms with Crippen molar-refractivity contribution >= 4 is 40.7 Å². The average molecular weight is 414 g/mol. The first-order valence-corrected chi connectivity index (χ1v) is 10.3. The van der Waals surface area contributed by atoms with E-state index < -0.39 is 0 Å². The largest absolute Gasteiger partial charge is 0.352 e. The van der Waals surface area contributed by atoms with Crippen LogP contribution in [-0.2, 0) is 9.59 Å². The fraction of sp³-hybridized carbons (Fsp3) is 0.600. The van der Waals surface area contributed by atoms with Crippen molar-refractivity contribution in [1.29, 1.82) is 0 Å². The Labute approximate surface area is 171 Å². The Hall–Kier alpha value is -1.30. The zero-order valence-electron chi connectivity index (χ0n) is 16.2. The van der Waals surface area contributed by atoms with Gasteiger partial charge in [-0.25, -0.2) is 0 Å². The third-order valence-corrected chi connectivity index (χ3v) is 6.09. The highest BCUT2D eigenvalue weighted by Gasteiger charge is 2.28. The highest BCUT2D eigenvalue weighted by Crippen LogP contribution is 2.30. The summed E-state index contributed by atoms with van der Waals surface area (Å²) in [5, 5.41) is 6.66. The molecular formula is C20H29Cl2N3O2. The number of likely N-dealkylation sites (N-methyl/N-ethyl adjacent to an activating group) is 1. The van der Waals surface area contributed by atoms with Gasteiger partial charge in [0.1, 0.15) is 0 Å². The molecule has 0 aromatic heterocycles. The summed E-state index contributed by atoms with van der Waals surface area (Å²) in [4.78, 5) is 26.6. The van der Waals surface area contributed by atoms with E-state index in [1.165, 1.54) is 6.42 Å². The Balaban J connectivity index is 1.87. The predicted molar refractivity (Wildman–Crippen MR) is 111 cm³/mol. The summed E-state index contributed by atoms with van der Waals surface area (Å²) in [5.41, 5.74) is 0.399. The molecular weight excluding hydrogens is 385 g/mol. The number of nitrogens with zero attached hydrogens (tertiary/aromatic N) is 1. The normalized spacial score (nSPS) is 22.5. The van der Waals surface area contributed by atoms with Gasteiger partial charge in [0.05, 0.1) is 28.8 Å². The molecule has 27 heavy (non-hydrogen) atoms. The number of halogens is 2. The van der Waals surface area contributed by atoms with Crippen molar-refractivity contribution in [3.8, 4) is 0 Å². The van der Waals surface area contributed by atoms with Crippen LogP contribution in [0, 0.1) is 11.8 Å². The number of carbonyl (C=O) groups is 2. The maximum atomic E-state index is 12.5. The number of benzene rings is 1. The third kappa shape index (κ3) is 6.37. The van der Waals surface area contributed by atoms with Gasteiger partial charge >= 0.3 is 0 Å². The molecule has 1 aliphatic carbocycles. The van der Waals surface area contributed by atoms with E-state index in [1.54, 1.807) is 23.1 Å². The van der Waals surface area contributed by atoms with E-state index in [9.17, 15) is 9.59 Å². The first-order valence-electron chi connectivity index (χ1n) is 9.57. The van der Waals surface area contributed by atoms with E-state index in [1.807, 2.05) is 6.92 Å². The number of para-hydroxylation sites is 1. The number of carbonyl (C=O) groups excluding carboxylic acids is 2. The molecule has 0 saturated heterocycles. The zero-order chi connectivity index (χ0) is 20.0. The third-order valence-electron chi connectivity index (χ3n) is 5.46. The molecule has 7 heteroatoms. The summed E-state index contributed by atoms with van der Waals surface area (Å²) < 4.78 is 0. The molecule has 0 aliphatic heterocycles. The molecule has 2 N–H and O–H groups in total. The summed E-state index contributed by atoms with van der Waals surface area (Å²) in [6.07, 6.45) is 3.39. The van der Waals surface area contributed by atoms with Crippen molar-refractivity contribution in [2.24, 2.45) is 11.8 Å². The van der Waals surface area contributed by atoms with Crippen LogP contribution >= 0.6 is 23.2 Å². The van der Waals surface area contributed by atoms with Gasteiger partial charge in [-0.1, -0.05) is 62.9 Å². The smallest absolute Gasteiger partial charge is 0.238 e. The van der Waals surface area contributed by atoms with E-state index >= 15 is 0 Å². The van der Waals surface area contributed by atoms with Gasteiger partial charge in [-0.3, -0.25) is 14.5 Å². The topological polar surface area (TPSA) is 61.4 Å². The molecule has 0 bridgehead atoms. The predicted octanol–water partition coefficient (Wildman–Crippen LogP) is 4.19. The molecule has 3 atom stereocenters. The summed E-state index contributed by atoms with van der Waals surface area (Å²) in [6, 6.07) is 5.27. The second-order valence-electron chi connectivity index (χ2n) is 7.39. The summed E-state index contributed by atoms with van der Waals surface area (Å²) >= 11 is 12.2. The van der Waals surface area contributed by atoms with Crippen molar-refractivity contribution in [1.82, 2.24) is 10.2 Å². The minimum Gasteiger partial charge on any atom is -0.352 e. The number of nitrogens with one attached hydrogen (secondary N) is 2. The Morgan fingerprint density at radius 2 is 1.74 bits per heavy atom. The van der Waals surface area contributed by atoms with Crippen LogP contribution in [0.3, 0.4) is 0 Å². The fourth-order valence-corrected chi connectivity index (χ4v) is 4.01. The van der Waals surface area contributed by atoms with Crippen LogP contribution in [0.25, 0.3) is 0 Å². The highest BCUT2D eigenvalue weighted by atomic mass is 35.5. The van der Waals surface area contributed by atoms with Crippen molar-refractivity contribution < 1.29 is 9.59 Å². The number of hydrogen-bond donors (Lipinski definition) is 2. The van der Waals surface area contributed by atoms with E-state index in [2.05, 4.69) is 24.5 Å². The first kappa shape index (κ1) is 22.0. The second-order valence-corrected chi connectivity index (χ2v) is 8.20. The van der Waals surface area contributed by atoms with Crippen molar-refractivity contribution in [2.75, 3.05) is 25.0 Å². The molecule has 0 radical (unpaired) electrons. The molecule has 2 amide bonds. The number of amides is 2. The average Bonchev–Trinajstić information content (AvgIpc) is 2.61. The summed E-state index contributed by atoms with van der Waals surface area (Å²) in [7, 11) is 0. The molecule has 1 aromatic carbocycles. The lowest BCUT2D eigenvalue weighted by atomic mass is 9.78. The fourth-order valence-electron chi connectivity index (χ4n) is 3.52. The molecule has 5 nitrogen and oxygen atoms in total. The second kappa shape index (κ2) is 10.3. The Bertz CT molecular complexity index is 648. The van der Waals surface area contributed by atoms with Gasteiger partial charge in [0, 0.05) is 6.04 Å². The minimum absolute atomic E-state index is 0.0358. The SMILES string of the molecule is CCN(CC(=O)Nc1c(Cl)cccc1Cl)CC(=O)N[C@@H]1CCC[C@H](C)[C@H]1C. The maximum Gasteiger partial charge on any atom is 0.238 e. The van der Waals surface area contributed by atoms with Gasteiger partial charge in [0.15, 0.2) is 0 Å². The molecule has 150 valence electrons. The van der Waals surface area contributed by atoms with E-state index in [-0.39, 0.29) is 30.9 Å². The van der Waals surface area contributed by atoms with Crippen molar-refractivity contribution in [3.63, 3.8) is 0 Å². The van der Waals surface area contributed by atoms with E-state index in [0.717, 1.165) is 12.8 Å². The lowest BCUT2D eigenvalue weighted by Gasteiger charge is -2.35. The Morgan fingerprint density at radius 1 is 1.11 bits per heavy atom. The monoisotopic (exact) mass is 413 g/mol. The van der Waals surface area contributed by atoms with Crippen LogP contribution in [-0.4, -0.2) is 42.4 Å². The van der Waals surface area contributed by atoms with Gasteiger partial charge < -0.3 is 10.6 Å². The maximum absolute atomic E-state index is 12.5. The number of anilines is 1. The molecule has 1 saturated carbocycles. The Morgan fingerprint density at radius 3 is 2.37 bits per heavy atom. The van der Waals surface area contributed by atoms with Gasteiger partial charge in [0.25, 0.3) is 0 Å².